The molecule has 0 unspecified atom stereocenters. The Bertz CT molecular complexity index is 577. The average Bonchev–Trinajstić information content (AvgIpc) is 2.45. The van der Waals surface area contributed by atoms with Gasteiger partial charge in [0.2, 0.25) is 5.95 Å². The van der Waals surface area contributed by atoms with Gasteiger partial charge in [0.1, 0.15) is 11.6 Å². The summed E-state index contributed by atoms with van der Waals surface area (Å²) in [5, 5.41) is 15.3. The van der Waals surface area contributed by atoms with Crippen LogP contribution in [0.25, 0.3) is 0 Å². The quantitative estimate of drug-likeness (QED) is 0.756. The highest BCUT2D eigenvalue weighted by Gasteiger charge is 2.06. The van der Waals surface area contributed by atoms with Crippen LogP contribution in [0.15, 0.2) is 30.5 Å². The van der Waals surface area contributed by atoms with Crippen LogP contribution in [0.5, 0.6) is 0 Å². The molecule has 0 radical (unpaired) electrons. The summed E-state index contributed by atoms with van der Waals surface area (Å²) in [6.45, 7) is 2.66. The fourth-order valence-corrected chi connectivity index (χ4v) is 1.67. The van der Waals surface area contributed by atoms with Crippen molar-refractivity contribution in [1.29, 1.82) is 0 Å². The molecule has 0 saturated carbocycles. The van der Waals surface area contributed by atoms with Gasteiger partial charge in [-0.3, -0.25) is 0 Å². The van der Waals surface area contributed by atoms with E-state index in [9.17, 15) is 9.50 Å². The average molecular weight is 276 g/mol. The molecule has 2 aromatic rings. The van der Waals surface area contributed by atoms with E-state index < -0.39 is 0 Å². The lowest BCUT2D eigenvalue weighted by atomic mass is 10.3. The SMILES string of the molecule is CCCNc1nc(Nc2cccc(F)c2)ncc1CO. The number of hydrogen-bond acceptors (Lipinski definition) is 5. The summed E-state index contributed by atoms with van der Waals surface area (Å²) in [4.78, 5) is 8.39. The van der Waals surface area contributed by atoms with Crippen molar-refractivity contribution in [2.75, 3.05) is 17.2 Å². The third-order valence-corrected chi connectivity index (χ3v) is 2.66. The fourth-order valence-electron chi connectivity index (χ4n) is 1.67. The van der Waals surface area contributed by atoms with Gasteiger partial charge in [0.05, 0.1) is 6.61 Å². The predicted molar refractivity (Wildman–Crippen MR) is 76.4 cm³/mol. The zero-order valence-corrected chi connectivity index (χ0v) is 11.2. The first-order valence-electron chi connectivity index (χ1n) is 6.46. The maximum atomic E-state index is 13.1. The van der Waals surface area contributed by atoms with E-state index in [1.54, 1.807) is 18.3 Å². The first kappa shape index (κ1) is 14.2. The molecule has 3 N–H and O–H groups in total. The van der Waals surface area contributed by atoms with E-state index in [4.69, 9.17) is 0 Å². The van der Waals surface area contributed by atoms with Crippen molar-refractivity contribution in [3.8, 4) is 0 Å². The van der Waals surface area contributed by atoms with Gasteiger partial charge in [-0.15, -0.1) is 0 Å². The second-order valence-electron chi connectivity index (χ2n) is 4.29. The van der Waals surface area contributed by atoms with Gasteiger partial charge in [0.15, 0.2) is 0 Å². The predicted octanol–water partition coefficient (Wildman–Crippen LogP) is 2.67. The first-order chi connectivity index (χ1) is 9.72. The van der Waals surface area contributed by atoms with Crippen LogP contribution in [0.2, 0.25) is 0 Å². The van der Waals surface area contributed by atoms with E-state index in [0.29, 0.717) is 23.0 Å². The number of nitrogens with zero attached hydrogens (tertiary/aromatic N) is 2. The van der Waals surface area contributed by atoms with Crippen molar-refractivity contribution in [3.05, 3.63) is 41.8 Å². The Kier molecular flexibility index (Phi) is 4.84. The maximum absolute atomic E-state index is 13.1. The molecule has 6 heteroatoms. The molecule has 1 heterocycles. The Labute approximate surface area is 116 Å². The van der Waals surface area contributed by atoms with Crippen LogP contribution in [0, 0.1) is 5.82 Å². The topological polar surface area (TPSA) is 70.1 Å². The summed E-state index contributed by atoms with van der Waals surface area (Å²) in [6, 6.07) is 6.07. The molecule has 0 saturated heterocycles. The monoisotopic (exact) mass is 276 g/mol. The molecule has 0 atom stereocenters. The number of anilines is 3. The van der Waals surface area contributed by atoms with E-state index in [-0.39, 0.29) is 12.4 Å². The molecule has 0 bridgehead atoms. The molecular weight excluding hydrogens is 259 g/mol. The summed E-state index contributed by atoms with van der Waals surface area (Å²) < 4.78 is 13.1. The number of halogens is 1. The van der Waals surface area contributed by atoms with Gasteiger partial charge < -0.3 is 15.7 Å². The molecule has 20 heavy (non-hydrogen) atoms. The highest BCUT2D eigenvalue weighted by molar-refractivity contribution is 5.56. The van der Waals surface area contributed by atoms with Crippen molar-refractivity contribution in [3.63, 3.8) is 0 Å². The summed E-state index contributed by atoms with van der Waals surface area (Å²) in [6.07, 6.45) is 2.49. The molecule has 2 rings (SSSR count). The molecule has 1 aromatic carbocycles. The van der Waals surface area contributed by atoms with E-state index in [2.05, 4.69) is 20.6 Å². The molecule has 1 aromatic heterocycles. The van der Waals surface area contributed by atoms with Crippen LogP contribution < -0.4 is 10.6 Å². The van der Waals surface area contributed by atoms with Gasteiger partial charge in [-0.05, 0) is 24.6 Å². The van der Waals surface area contributed by atoms with Gasteiger partial charge in [0, 0.05) is 24.0 Å². The lowest BCUT2D eigenvalue weighted by molar-refractivity contribution is 0.281. The van der Waals surface area contributed by atoms with Crippen molar-refractivity contribution >= 4 is 17.5 Å². The van der Waals surface area contributed by atoms with Crippen LogP contribution in [-0.2, 0) is 6.61 Å². The number of rotatable bonds is 6. The number of nitrogens with one attached hydrogen (secondary N) is 2. The van der Waals surface area contributed by atoms with Crippen molar-refractivity contribution in [2.24, 2.45) is 0 Å². The minimum Gasteiger partial charge on any atom is -0.391 e. The standard InChI is InChI=1S/C14H17FN4O/c1-2-6-16-13-10(9-20)8-17-14(19-13)18-12-5-3-4-11(15)7-12/h3-5,7-8,20H,2,6,9H2,1H3,(H2,16,17,18,19). The summed E-state index contributed by atoms with van der Waals surface area (Å²) in [7, 11) is 0. The van der Waals surface area contributed by atoms with Crippen molar-refractivity contribution in [1.82, 2.24) is 9.97 Å². The molecule has 0 aliphatic heterocycles. The molecule has 0 aliphatic carbocycles. The Morgan fingerprint density at radius 3 is 2.90 bits per heavy atom. The molecule has 5 nitrogen and oxygen atoms in total. The number of aromatic nitrogens is 2. The van der Waals surface area contributed by atoms with Crippen LogP contribution in [0.3, 0.4) is 0 Å². The minimum absolute atomic E-state index is 0.133. The van der Waals surface area contributed by atoms with Gasteiger partial charge in [0.25, 0.3) is 0 Å². The molecule has 106 valence electrons. The zero-order valence-electron chi connectivity index (χ0n) is 11.2. The second kappa shape index (κ2) is 6.81. The Morgan fingerprint density at radius 1 is 1.35 bits per heavy atom. The molecule has 0 fully saturated rings. The zero-order chi connectivity index (χ0) is 14.4. The van der Waals surface area contributed by atoms with Crippen molar-refractivity contribution < 1.29 is 9.50 Å². The van der Waals surface area contributed by atoms with E-state index >= 15 is 0 Å². The number of hydrogen-bond donors (Lipinski definition) is 3. The van der Waals surface area contributed by atoms with E-state index in [1.807, 2.05) is 6.92 Å². The Hall–Kier alpha value is -2.21. The van der Waals surface area contributed by atoms with Crippen LogP contribution in [0.4, 0.5) is 21.8 Å². The number of aliphatic hydroxyl groups excluding tert-OH is 1. The lowest BCUT2D eigenvalue weighted by Gasteiger charge is -2.11. The Morgan fingerprint density at radius 2 is 2.20 bits per heavy atom. The minimum atomic E-state index is -0.327. The molecular formula is C14H17FN4O. The third kappa shape index (κ3) is 3.64. The fraction of sp³-hybridized carbons (Fsp3) is 0.286. The summed E-state index contributed by atoms with van der Waals surface area (Å²) in [5.41, 5.74) is 1.20. The third-order valence-electron chi connectivity index (χ3n) is 2.66. The first-order valence-corrected chi connectivity index (χ1v) is 6.46. The highest BCUT2D eigenvalue weighted by atomic mass is 19.1. The van der Waals surface area contributed by atoms with Gasteiger partial charge in [-0.2, -0.15) is 4.98 Å². The summed E-state index contributed by atoms with van der Waals surface area (Å²) >= 11 is 0. The maximum Gasteiger partial charge on any atom is 0.229 e. The van der Waals surface area contributed by atoms with Crippen LogP contribution in [-0.4, -0.2) is 21.6 Å². The van der Waals surface area contributed by atoms with E-state index in [1.165, 1.54) is 12.1 Å². The largest absolute Gasteiger partial charge is 0.391 e. The Balaban J connectivity index is 2.19. The summed E-state index contributed by atoms with van der Waals surface area (Å²) in [5.74, 6) is 0.612. The number of benzene rings is 1. The van der Waals surface area contributed by atoms with Gasteiger partial charge in [-0.1, -0.05) is 13.0 Å². The van der Waals surface area contributed by atoms with Crippen molar-refractivity contribution in [2.45, 2.75) is 20.0 Å². The smallest absolute Gasteiger partial charge is 0.229 e. The number of aliphatic hydroxyl groups is 1. The van der Waals surface area contributed by atoms with Crippen LogP contribution in [0.1, 0.15) is 18.9 Å². The lowest BCUT2D eigenvalue weighted by Crippen LogP contribution is -2.08. The highest BCUT2D eigenvalue weighted by Crippen LogP contribution is 2.18. The normalized spacial score (nSPS) is 10.3. The van der Waals surface area contributed by atoms with Gasteiger partial charge in [-0.25, -0.2) is 9.37 Å². The molecule has 0 aliphatic rings. The van der Waals surface area contributed by atoms with Crippen LogP contribution >= 0.6 is 0 Å². The molecule has 0 spiro atoms. The van der Waals surface area contributed by atoms with Gasteiger partial charge >= 0.3 is 0 Å². The molecule has 0 amide bonds. The second-order valence-corrected chi connectivity index (χ2v) is 4.29. The van der Waals surface area contributed by atoms with E-state index in [0.717, 1.165) is 13.0 Å².